The number of unbranched alkanes of at least 4 members (excludes halogenated alkanes) is 30. The van der Waals surface area contributed by atoms with Crippen molar-refractivity contribution < 1.29 is 28.6 Å². The summed E-state index contributed by atoms with van der Waals surface area (Å²) >= 11 is 0. The number of hydrogen-bond acceptors (Lipinski definition) is 6. The molecular weight excluding hydrogens is 997 g/mol. The molecule has 0 saturated heterocycles. The Morgan fingerprint density at radius 1 is 0.259 bits per heavy atom. The van der Waals surface area contributed by atoms with Crippen molar-refractivity contribution in [3.63, 3.8) is 0 Å². The van der Waals surface area contributed by atoms with Gasteiger partial charge in [-0.2, -0.15) is 0 Å². The van der Waals surface area contributed by atoms with Crippen molar-refractivity contribution in [1.82, 2.24) is 0 Å². The Morgan fingerprint density at radius 2 is 0.494 bits per heavy atom. The largest absolute Gasteiger partial charge is 0.462 e. The van der Waals surface area contributed by atoms with Crippen LogP contribution in [-0.2, 0) is 28.6 Å². The van der Waals surface area contributed by atoms with Gasteiger partial charge in [-0.15, -0.1) is 0 Å². The quantitative estimate of drug-likeness (QED) is 0.0261. The molecular formula is C75H126O6. The molecule has 0 heterocycles. The van der Waals surface area contributed by atoms with Crippen molar-refractivity contribution in [2.75, 3.05) is 13.2 Å². The molecule has 0 fully saturated rings. The Labute approximate surface area is 501 Å². The Morgan fingerprint density at radius 3 is 0.790 bits per heavy atom. The van der Waals surface area contributed by atoms with E-state index in [1.165, 1.54) is 128 Å². The van der Waals surface area contributed by atoms with E-state index in [1.807, 2.05) is 0 Å². The second-order valence-corrected chi connectivity index (χ2v) is 22.4. The summed E-state index contributed by atoms with van der Waals surface area (Å²) in [4.78, 5) is 38.4. The highest BCUT2D eigenvalue weighted by molar-refractivity contribution is 5.71. The van der Waals surface area contributed by atoms with Gasteiger partial charge in [0.2, 0.25) is 0 Å². The van der Waals surface area contributed by atoms with Crippen molar-refractivity contribution in [2.45, 2.75) is 322 Å². The highest BCUT2D eigenvalue weighted by Gasteiger charge is 2.19. The third-order valence-electron chi connectivity index (χ3n) is 14.5. The fourth-order valence-electron chi connectivity index (χ4n) is 9.36. The lowest BCUT2D eigenvalue weighted by Gasteiger charge is -2.18. The molecule has 462 valence electrons. The van der Waals surface area contributed by atoms with E-state index in [9.17, 15) is 14.4 Å². The van der Waals surface area contributed by atoms with E-state index < -0.39 is 6.10 Å². The number of hydrogen-bond donors (Lipinski definition) is 0. The smallest absolute Gasteiger partial charge is 0.306 e. The Balaban J connectivity index is 4.39. The molecule has 6 heteroatoms. The van der Waals surface area contributed by atoms with Gasteiger partial charge in [-0.05, 0) is 109 Å². The van der Waals surface area contributed by atoms with Gasteiger partial charge >= 0.3 is 17.9 Å². The van der Waals surface area contributed by atoms with E-state index in [0.29, 0.717) is 19.3 Å². The van der Waals surface area contributed by atoms with Gasteiger partial charge in [0.25, 0.3) is 0 Å². The first-order valence-corrected chi connectivity index (χ1v) is 34.0. The lowest BCUT2D eigenvalue weighted by Crippen LogP contribution is -2.30. The van der Waals surface area contributed by atoms with Crippen molar-refractivity contribution in [1.29, 1.82) is 0 Å². The third kappa shape index (κ3) is 66.5. The molecule has 0 aliphatic rings. The predicted octanol–water partition coefficient (Wildman–Crippen LogP) is 23.6. The molecule has 0 aliphatic carbocycles. The Kier molecular flexibility index (Phi) is 64.8. The highest BCUT2D eigenvalue weighted by atomic mass is 16.6. The minimum Gasteiger partial charge on any atom is -0.462 e. The zero-order valence-electron chi connectivity index (χ0n) is 53.0. The Bertz CT molecular complexity index is 1670. The van der Waals surface area contributed by atoms with Crippen LogP contribution in [0.2, 0.25) is 0 Å². The number of esters is 3. The summed E-state index contributed by atoms with van der Waals surface area (Å²) in [5.74, 6) is -0.921. The maximum atomic E-state index is 12.9. The molecule has 0 rings (SSSR count). The van der Waals surface area contributed by atoms with Gasteiger partial charge in [0.15, 0.2) is 6.10 Å². The molecule has 0 saturated carbocycles. The van der Waals surface area contributed by atoms with Crippen molar-refractivity contribution in [3.8, 4) is 0 Å². The van der Waals surface area contributed by atoms with Crippen LogP contribution in [0, 0.1) is 0 Å². The molecule has 0 spiro atoms. The maximum Gasteiger partial charge on any atom is 0.306 e. The van der Waals surface area contributed by atoms with Gasteiger partial charge < -0.3 is 14.2 Å². The van der Waals surface area contributed by atoms with Crippen LogP contribution in [0.5, 0.6) is 0 Å². The molecule has 1 unspecified atom stereocenters. The molecule has 0 aliphatic heterocycles. The first-order chi connectivity index (χ1) is 40.0. The molecule has 0 bridgehead atoms. The van der Waals surface area contributed by atoms with Gasteiger partial charge in [0.05, 0.1) is 0 Å². The molecule has 0 aromatic carbocycles. The summed E-state index contributed by atoms with van der Waals surface area (Å²) in [6, 6.07) is 0. The van der Waals surface area contributed by atoms with Crippen molar-refractivity contribution >= 4 is 17.9 Å². The fraction of sp³-hybridized carbons (Fsp3) is 0.693. The minimum absolute atomic E-state index is 0.0932. The number of allylic oxidation sites excluding steroid dienone is 20. The number of carbonyl (C=O) groups is 3. The first kappa shape index (κ1) is 76.8. The zero-order valence-corrected chi connectivity index (χ0v) is 53.0. The summed E-state index contributed by atoms with van der Waals surface area (Å²) in [7, 11) is 0. The van der Waals surface area contributed by atoms with E-state index in [2.05, 4.69) is 142 Å². The van der Waals surface area contributed by atoms with Crippen LogP contribution in [0.15, 0.2) is 122 Å². The van der Waals surface area contributed by atoms with Crippen molar-refractivity contribution in [3.05, 3.63) is 122 Å². The molecule has 0 amide bonds. The minimum atomic E-state index is -0.798. The average molecular weight is 1120 g/mol. The standard InChI is InChI=1S/C75H126O6/c1-4-7-10-13-16-19-22-25-28-30-32-34-35-36-37-38-39-40-41-42-44-45-47-50-53-56-59-62-65-68-74(77)80-71-72(70-79-73(76)67-64-61-58-55-52-49-27-24-21-18-15-12-9-6-3)81-75(78)69-66-63-60-57-54-51-48-46-43-33-31-29-26-23-20-17-14-11-8-5-2/h7,10,15-16,18-19,24-25,27-28,32,34,36-37,39-40,42,44,47,50,72H,4-6,8-9,11-14,17,20-23,26,29-31,33,35,38,41,43,45-46,48-49,51-71H2,1-3H3/b10-7-,18-15-,19-16-,27-24-,28-25-,34-32-,37-36-,40-39-,44-42-,50-47-. The van der Waals surface area contributed by atoms with Crippen LogP contribution in [-0.4, -0.2) is 37.2 Å². The van der Waals surface area contributed by atoms with Crippen LogP contribution in [0.3, 0.4) is 0 Å². The lowest BCUT2D eigenvalue weighted by molar-refractivity contribution is -0.167. The molecule has 0 aromatic rings. The maximum absolute atomic E-state index is 12.9. The molecule has 0 radical (unpaired) electrons. The third-order valence-corrected chi connectivity index (χ3v) is 14.5. The van der Waals surface area contributed by atoms with Crippen LogP contribution in [0.25, 0.3) is 0 Å². The van der Waals surface area contributed by atoms with Crippen LogP contribution < -0.4 is 0 Å². The van der Waals surface area contributed by atoms with E-state index >= 15 is 0 Å². The second-order valence-electron chi connectivity index (χ2n) is 22.4. The summed E-state index contributed by atoms with van der Waals surface area (Å²) in [5.41, 5.74) is 0. The predicted molar refractivity (Wildman–Crippen MR) is 353 cm³/mol. The second kappa shape index (κ2) is 68.3. The van der Waals surface area contributed by atoms with Crippen LogP contribution >= 0.6 is 0 Å². The van der Waals surface area contributed by atoms with E-state index in [4.69, 9.17) is 14.2 Å². The summed E-state index contributed by atoms with van der Waals surface area (Å²) in [5, 5.41) is 0. The lowest BCUT2D eigenvalue weighted by atomic mass is 10.0. The summed E-state index contributed by atoms with van der Waals surface area (Å²) < 4.78 is 16.9. The molecule has 0 N–H and O–H groups in total. The Hall–Kier alpha value is -4.19. The number of ether oxygens (including phenoxy) is 3. The zero-order chi connectivity index (χ0) is 58.5. The summed E-state index contributed by atoms with van der Waals surface area (Å²) in [6.07, 6.45) is 95.0. The fourth-order valence-corrected chi connectivity index (χ4v) is 9.36. The summed E-state index contributed by atoms with van der Waals surface area (Å²) in [6.45, 7) is 6.48. The molecule has 6 nitrogen and oxygen atoms in total. The van der Waals surface area contributed by atoms with Crippen LogP contribution in [0.4, 0.5) is 0 Å². The highest BCUT2D eigenvalue weighted by Crippen LogP contribution is 2.17. The molecule has 0 aromatic heterocycles. The van der Waals surface area contributed by atoms with Gasteiger partial charge in [-0.1, -0.05) is 309 Å². The average Bonchev–Trinajstić information content (AvgIpc) is 3.47. The van der Waals surface area contributed by atoms with E-state index in [0.717, 1.165) is 148 Å². The van der Waals surface area contributed by atoms with Gasteiger partial charge in [-0.25, -0.2) is 0 Å². The topological polar surface area (TPSA) is 78.9 Å². The van der Waals surface area contributed by atoms with Gasteiger partial charge in [0, 0.05) is 19.3 Å². The number of rotatable bonds is 61. The monoisotopic (exact) mass is 1120 g/mol. The van der Waals surface area contributed by atoms with E-state index in [1.54, 1.807) is 0 Å². The van der Waals surface area contributed by atoms with E-state index in [-0.39, 0.29) is 31.1 Å². The van der Waals surface area contributed by atoms with Crippen LogP contribution in [0.1, 0.15) is 316 Å². The van der Waals surface area contributed by atoms with Crippen molar-refractivity contribution in [2.24, 2.45) is 0 Å². The van der Waals surface area contributed by atoms with Gasteiger partial charge in [0.1, 0.15) is 13.2 Å². The molecule has 1 atom stereocenters. The SMILES string of the molecule is CC/C=C\C/C=C\C/C=C\C/C=C\C/C=C\C/C=C\C/C=C\C/C=C\CCCCCCC(=O)OCC(COC(=O)CCCCCCC/C=C\C/C=C\CCCC)OC(=O)CCCCCCCCCCCCCCCCCCCCCC. The molecule has 81 heavy (non-hydrogen) atoms. The van der Waals surface area contributed by atoms with Gasteiger partial charge in [-0.3, -0.25) is 14.4 Å². The first-order valence-electron chi connectivity index (χ1n) is 34.0. The number of carbonyl (C=O) groups excluding carboxylic acids is 3. The normalized spacial score (nSPS) is 12.9.